The van der Waals surface area contributed by atoms with E-state index < -0.39 is 22.4 Å². The summed E-state index contributed by atoms with van der Waals surface area (Å²) in [5, 5.41) is 13.7. The highest BCUT2D eigenvalue weighted by atomic mass is 19.4. The lowest BCUT2D eigenvalue weighted by atomic mass is 10.2. The van der Waals surface area contributed by atoms with Crippen LogP contribution >= 0.6 is 0 Å². The van der Waals surface area contributed by atoms with E-state index in [9.17, 15) is 23.3 Å². The molecule has 122 valence electrons. The lowest BCUT2D eigenvalue weighted by Crippen LogP contribution is -2.06. The molecule has 23 heavy (non-hydrogen) atoms. The van der Waals surface area contributed by atoms with Gasteiger partial charge in [0.15, 0.2) is 0 Å². The van der Waals surface area contributed by atoms with Crippen molar-refractivity contribution in [2.75, 3.05) is 11.9 Å². The maximum absolute atomic E-state index is 12.5. The number of halogens is 3. The molecule has 1 aromatic carbocycles. The maximum atomic E-state index is 12.5. The minimum atomic E-state index is -4.46. The molecule has 1 aromatic heterocycles. The van der Waals surface area contributed by atoms with Crippen molar-refractivity contribution in [3.8, 4) is 5.88 Å². The number of benzene rings is 1. The highest BCUT2D eigenvalue weighted by Crippen LogP contribution is 2.34. The van der Waals surface area contributed by atoms with Gasteiger partial charge in [0.2, 0.25) is 5.82 Å². The number of aromatic nitrogens is 2. The Hall–Kier alpha value is -2.91. The smallest absolute Gasteiger partial charge is 0.416 e. The standard InChI is InChI=1S/C13H11F3N4O3/c1-2-23-12-10(20(21)22)11(17-7-18-12)19-9-5-3-8(4-6-9)13(14,15)16/h3-7H,2H2,1H3,(H,17,18,19). The summed E-state index contributed by atoms with van der Waals surface area (Å²) < 4.78 is 42.6. The molecule has 0 spiro atoms. The minimum absolute atomic E-state index is 0.164. The number of anilines is 2. The first kappa shape index (κ1) is 16.5. The fourth-order valence-electron chi connectivity index (χ4n) is 1.74. The molecule has 7 nitrogen and oxygen atoms in total. The lowest BCUT2D eigenvalue weighted by Gasteiger charge is -2.10. The van der Waals surface area contributed by atoms with Crippen molar-refractivity contribution in [1.82, 2.24) is 9.97 Å². The number of nitrogens with zero attached hydrogens (tertiary/aromatic N) is 3. The second-order valence-electron chi connectivity index (χ2n) is 4.27. The molecular weight excluding hydrogens is 317 g/mol. The van der Waals surface area contributed by atoms with E-state index >= 15 is 0 Å². The van der Waals surface area contributed by atoms with Crippen LogP contribution in [0.15, 0.2) is 30.6 Å². The Labute approximate surface area is 128 Å². The molecule has 0 aliphatic heterocycles. The number of rotatable bonds is 5. The molecule has 1 N–H and O–H groups in total. The fraction of sp³-hybridized carbons (Fsp3) is 0.231. The van der Waals surface area contributed by atoms with E-state index in [1.54, 1.807) is 6.92 Å². The van der Waals surface area contributed by atoms with E-state index in [0.717, 1.165) is 30.6 Å². The summed E-state index contributed by atoms with van der Waals surface area (Å²) in [6, 6.07) is 4.02. The molecule has 10 heteroatoms. The zero-order valence-corrected chi connectivity index (χ0v) is 11.8. The number of hydrogen-bond acceptors (Lipinski definition) is 6. The molecule has 0 atom stereocenters. The van der Waals surface area contributed by atoms with Crippen LogP contribution in [-0.4, -0.2) is 21.5 Å². The molecular formula is C13H11F3N4O3. The maximum Gasteiger partial charge on any atom is 0.416 e. The molecule has 2 rings (SSSR count). The van der Waals surface area contributed by atoms with Crippen LogP contribution in [0.25, 0.3) is 0 Å². The highest BCUT2D eigenvalue weighted by Gasteiger charge is 2.30. The molecule has 2 aromatic rings. The third kappa shape index (κ3) is 3.84. The van der Waals surface area contributed by atoms with Crippen LogP contribution in [0.2, 0.25) is 0 Å². The fourth-order valence-corrected chi connectivity index (χ4v) is 1.74. The van der Waals surface area contributed by atoms with Crippen LogP contribution in [0, 0.1) is 10.1 Å². The van der Waals surface area contributed by atoms with Gasteiger partial charge in [0.25, 0.3) is 5.88 Å². The number of nitrogens with one attached hydrogen (secondary N) is 1. The van der Waals surface area contributed by atoms with Crippen LogP contribution in [0.5, 0.6) is 5.88 Å². The van der Waals surface area contributed by atoms with Crippen LogP contribution in [0.1, 0.15) is 12.5 Å². The Morgan fingerprint density at radius 3 is 2.43 bits per heavy atom. The van der Waals surface area contributed by atoms with E-state index in [0.29, 0.717) is 0 Å². The van der Waals surface area contributed by atoms with Gasteiger partial charge in [-0.15, -0.1) is 0 Å². The topological polar surface area (TPSA) is 90.2 Å². The average Bonchev–Trinajstić information content (AvgIpc) is 2.47. The van der Waals surface area contributed by atoms with Crippen LogP contribution in [-0.2, 0) is 6.18 Å². The molecule has 0 saturated carbocycles. The molecule has 0 fully saturated rings. The number of nitro groups is 1. The normalized spacial score (nSPS) is 11.1. The van der Waals surface area contributed by atoms with Gasteiger partial charge in [-0.25, -0.2) is 4.98 Å². The van der Waals surface area contributed by atoms with Gasteiger partial charge in [0, 0.05) is 5.69 Å². The largest absolute Gasteiger partial charge is 0.473 e. The predicted molar refractivity (Wildman–Crippen MR) is 74.6 cm³/mol. The zero-order chi connectivity index (χ0) is 17.0. The van der Waals surface area contributed by atoms with Gasteiger partial charge >= 0.3 is 11.9 Å². The van der Waals surface area contributed by atoms with Crippen LogP contribution < -0.4 is 10.1 Å². The first-order valence-electron chi connectivity index (χ1n) is 6.39. The molecule has 0 aliphatic carbocycles. The van der Waals surface area contributed by atoms with Crippen molar-refractivity contribution in [2.45, 2.75) is 13.1 Å². The number of alkyl halides is 3. The zero-order valence-electron chi connectivity index (χ0n) is 11.8. The van der Waals surface area contributed by atoms with E-state index in [4.69, 9.17) is 4.74 Å². The van der Waals surface area contributed by atoms with Gasteiger partial charge in [-0.05, 0) is 31.2 Å². The van der Waals surface area contributed by atoms with Gasteiger partial charge in [-0.2, -0.15) is 18.2 Å². The van der Waals surface area contributed by atoms with E-state index in [1.165, 1.54) is 0 Å². The molecule has 0 amide bonds. The summed E-state index contributed by atoms with van der Waals surface area (Å²) in [6.07, 6.45) is -3.40. The van der Waals surface area contributed by atoms with Gasteiger partial charge < -0.3 is 10.1 Å². The van der Waals surface area contributed by atoms with Gasteiger partial charge in [-0.1, -0.05) is 0 Å². The third-order valence-corrected chi connectivity index (χ3v) is 2.73. The highest BCUT2D eigenvalue weighted by molar-refractivity contribution is 5.68. The van der Waals surface area contributed by atoms with Gasteiger partial charge in [0.1, 0.15) is 6.33 Å². The third-order valence-electron chi connectivity index (χ3n) is 2.73. The number of ether oxygens (including phenoxy) is 1. The summed E-state index contributed by atoms with van der Waals surface area (Å²) >= 11 is 0. The van der Waals surface area contributed by atoms with Crippen molar-refractivity contribution >= 4 is 17.2 Å². The van der Waals surface area contributed by atoms with E-state index in [1.807, 2.05) is 0 Å². The van der Waals surface area contributed by atoms with E-state index in [-0.39, 0.29) is 24.0 Å². The monoisotopic (exact) mass is 328 g/mol. The molecule has 0 saturated heterocycles. The average molecular weight is 328 g/mol. The second-order valence-corrected chi connectivity index (χ2v) is 4.27. The van der Waals surface area contributed by atoms with Crippen molar-refractivity contribution in [1.29, 1.82) is 0 Å². The van der Waals surface area contributed by atoms with E-state index in [2.05, 4.69) is 15.3 Å². The van der Waals surface area contributed by atoms with Gasteiger partial charge in [-0.3, -0.25) is 10.1 Å². The molecule has 0 radical (unpaired) electrons. The summed E-state index contributed by atoms with van der Waals surface area (Å²) in [5.74, 6) is -0.393. The Balaban J connectivity index is 2.33. The first-order valence-corrected chi connectivity index (χ1v) is 6.39. The lowest BCUT2D eigenvalue weighted by molar-refractivity contribution is -0.385. The summed E-state index contributed by atoms with van der Waals surface area (Å²) in [4.78, 5) is 17.8. The Morgan fingerprint density at radius 1 is 1.26 bits per heavy atom. The van der Waals surface area contributed by atoms with Gasteiger partial charge in [0.05, 0.1) is 17.1 Å². The Kier molecular flexibility index (Phi) is 4.63. The minimum Gasteiger partial charge on any atom is -0.473 e. The molecule has 0 bridgehead atoms. The van der Waals surface area contributed by atoms with Crippen molar-refractivity contribution in [2.24, 2.45) is 0 Å². The van der Waals surface area contributed by atoms with Crippen LogP contribution in [0.4, 0.5) is 30.4 Å². The Morgan fingerprint density at radius 2 is 1.91 bits per heavy atom. The van der Waals surface area contributed by atoms with Crippen molar-refractivity contribution in [3.63, 3.8) is 0 Å². The predicted octanol–water partition coefficient (Wildman–Crippen LogP) is 3.55. The van der Waals surface area contributed by atoms with Crippen LogP contribution in [0.3, 0.4) is 0 Å². The summed E-state index contributed by atoms with van der Waals surface area (Å²) in [5.41, 5.74) is -1.10. The Bertz CT molecular complexity index is 705. The SMILES string of the molecule is CCOc1ncnc(Nc2ccc(C(F)(F)F)cc2)c1[N+](=O)[O-]. The summed E-state index contributed by atoms with van der Waals surface area (Å²) in [6.45, 7) is 1.80. The van der Waals surface area contributed by atoms with Crippen molar-refractivity contribution in [3.05, 3.63) is 46.3 Å². The molecule has 1 heterocycles. The quantitative estimate of drug-likeness (QED) is 0.667. The summed E-state index contributed by atoms with van der Waals surface area (Å²) in [7, 11) is 0. The second kappa shape index (κ2) is 6.46. The number of hydrogen-bond donors (Lipinski definition) is 1. The molecule has 0 aliphatic rings. The first-order chi connectivity index (χ1) is 10.8. The van der Waals surface area contributed by atoms with Crippen molar-refractivity contribution < 1.29 is 22.8 Å². The molecule has 0 unspecified atom stereocenters.